The lowest BCUT2D eigenvalue weighted by Gasteiger charge is -2.25. The molecule has 1 saturated carbocycles. The van der Waals surface area contributed by atoms with E-state index < -0.39 is 0 Å². The Morgan fingerprint density at radius 3 is 2.83 bits per heavy atom. The van der Waals surface area contributed by atoms with Crippen LogP contribution in [0.25, 0.3) is 0 Å². The molecule has 1 spiro atoms. The molecule has 0 aromatic heterocycles. The summed E-state index contributed by atoms with van der Waals surface area (Å²) in [6.07, 6.45) is 4.57. The van der Waals surface area contributed by atoms with Gasteiger partial charge in [0.2, 0.25) is 5.91 Å². The van der Waals surface area contributed by atoms with Crippen molar-refractivity contribution in [3.8, 4) is 0 Å². The topological polar surface area (TPSA) is 41.6 Å². The van der Waals surface area contributed by atoms with Crippen LogP contribution in [0.15, 0.2) is 30.3 Å². The van der Waals surface area contributed by atoms with E-state index in [0.717, 1.165) is 45.6 Å². The fourth-order valence-electron chi connectivity index (χ4n) is 4.48. The number of nitrogens with one attached hydrogen (secondary N) is 1. The number of ether oxygens (including phenoxy) is 1. The van der Waals surface area contributed by atoms with Gasteiger partial charge in [-0.15, -0.1) is 0 Å². The molecule has 2 heterocycles. The first-order chi connectivity index (χ1) is 11.8. The zero-order chi connectivity index (χ0) is 16.4. The van der Waals surface area contributed by atoms with E-state index in [4.69, 9.17) is 4.74 Å². The maximum absolute atomic E-state index is 12.8. The van der Waals surface area contributed by atoms with Crippen LogP contribution in [-0.4, -0.2) is 43.6 Å². The summed E-state index contributed by atoms with van der Waals surface area (Å²) in [4.78, 5) is 14.9. The fourth-order valence-corrected chi connectivity index (χ4v) is 4.48. The zero-order valence-electron chi connectivity index (χ0n) is 14.4. The monoisotopic (exact) mass is 328 g/mol. The largest absolute Gasteiger partial charge is 0.376 e. The molecule has 4 nitrogen and oxygen atoms in total. The Morgan fingerprint density at radius 2 is 2.04 bits per heavy atom. The minimum Gasteiger partial charge on any atom is -0.376 e. The number of rotatable bonds is 5. The second-order valence-electron chi connectivity index (χ2n) is 7.81. The van der Waals surface area contributed by atoms with Gasteiger partial charge in [0.1, 0.15) is 0 Å². The molecule has 0 bridgehead atoms. The van der Waals surface area contributed by atoms with Gasteiger partial charge in [0.15, 0.2) is 0 Å². The number of piperidine rings is 1. The van der Waals surface area contributed by atoms with Crippen molar-refractivity contribution in [2.45, 2.75) is 32.3 Å². The smallest absolute Gasteiger partial charge is 0.226 e. The summed E-state index contributed by atoms with van der Waals surface area (Å²) in [6, 6.07) is 10.3. The molecule has 3 aliphatic rings. The quantitative estimate of drug-likeness (QED) is 0.903. The summed E-state index contributed by atoms with van der Waals surface area (Å²) in [5.74, 6) is 1.23. The molecule has 2 aliphatic heterocycles. The van der Waals surface area contributed by atoms with Crippen molar-refractivity contribution < 1.29 is 9.53 Å². The van der Waals surface area contributed by atoms with E-state index >= 15 is 0 Å². The summed E-state index contributed by atoms with van der Waals surface area (Å²) in [7, 11) is 0. The van der Waals surface area contributed by atoms with Crippen LogP contribution < -0.4 is 5.32 Å². The van der Waals surface area contributed by atoms with Crippen LogP contribution >= 0.6 is 0 Å². The number of amides is 1. The van der Waals surface area contributed by atoms with Crippen molar-refractivity contribution in [2.24, 2.45) is 17.3 Å². The van der Waals surface area contributed by atoms with Crippen molar-refractivity contribution >= 4 is 5.91 Å². The van der Waals surface area contributed by atoms with E-state index in [9.17, 15) is 4.79 Å². The van der Waals surface area contributed by atoms with Gasteiger partial charge in [0.05, 0.1) is 13.2 Å². The number of hydrogen-bond acceptors (Lipinski definition) is 3. The Labute approximate surface area is 144 Å². The van der Waals surface area contributed by atoms with E-state index in [1.807, 2.05) is 18.2 Å². The van der Waals surface area contributed by atoms with E-state index in [1.54, 1.807) is 0 Å². The van der Waals surface area contributed by atoms with Crippen LogP contribution in [0.2, 0.25) is 0 Å². The van der Waals surface area contributed by atoms with Crippen molar-refractivity contribution in [1.29, 1.82) is 0 Å². The van der Waals surface area contributed by atoms with Crippen LogP contribution in [0.5, 0.6) is 0 Å². The summed E-state index contributed by atoms with van der Waals surface area (Å²) in [5, 5.41) is 3.41. The molecule has 4 heteroatoms. The molecule has 2 saturated heterocycles. The van der Waals surface area contributed by atoms with Crippen LogP contribution in [0.3, 0.4) is 0 Å². The zero-order valence-corrected chi connectivity index (χ0v) is 14.4. The molecular weight excluding hydrogens is 300 g/mol. The van der Waals surface area contributed by atoms with Gasteiger partial charge >= 0.3 is 0 Å². The number of carbonyl (C=O) groups is 1. The Hall–Kier alpha value is -1.39. The first kappa shape index (κ1) is 16.1. The maximum atomic E-state index is 12.8. The number of hydrogen-bond donors (Lipinski definition) is 1. The lowest BCUT2D eigenvalue weighted by Crippen LogP contribution is -2.35. The molecule has 1 aliphatic carbocycles. The summed E-state index contributed by atoms with van der Waals surface area (Å²) in [5.41, 5.74) is 1.57. The van der Waals surface area contributed by atoms with Gasteiger partial charge in [-0.1, -0.05) is 30.3 Å². The van der Waals surface area contributed by atoms with E-state index in [2.05, 4.69) is 22.3 Å². The van der Waals surface area contributed by atoms with Gasteiger partial charge < -0.3 is 15.0 Å². The Morgan fingerprint density at radius 1 is 1.25 bits per heavy atom. The molecule has 0 radical (unpaired) electrons. The first-order valence-corrected chi connectivity index (χ1v) is 9.38. The standard InChI is InChI=1S/C20H28N2O2/c23-19(18-12-20(18)7-9-21-10-8-20)22-11-6-17(13-22)15-24-14-16-4-2-1-3-5-16/h1-5,17-18,21H,6-15H2. The number of nitrogens with zero attached hydrogens (tertiary/aromatic N) is 1. The van der Waals surface area contributed by atoms with Gasteiger partial charge in [-0.25, -0.2) is 0 Å². The number of benzene rings is 1. The van der Waals surface area contributed by atoms with Crippen LogP contribution in [0, 0.1) is 17.3 Å². The Balaban J connectivity index is 1.21. The van der Waals surface area contributed by atoms with Gasteiger partial charge in [-0.2, -0.15) is 0 Å². The van der Waals surface area contributed by atoms with Crippen molar-refractivity contribution in [3.05, 3.63) is 35.9 Å². The van der Waals surface area contributed by atoms with Crippen molar-refractivity contribution in [2.75, 3.05) is 32.8 Å². The van der Waals surface area contributed by atoms with Crippen molar-refractivity contribution in [1.82, 2.24) is 10.2 Å². The molecule has 3 fully saturated rings. The molecule has 1 N–H and O–H groups in total. The highest BCUT2D eigenvalue weighted by Gasteiger charge is 2.58. The molecule has 2 atom stereocenters. The van der Waals surface area contributed by atoms with Gasteiger partial charge in [0.25, 0.3) is 0 Å². The van der Waals surface area contributed by atoms with Gasteiger partial charge in [-0.05, 0) is 49.8 Å². The normalized spacial score (nSPS) is 28.2. The third kappa shape index (κ3) is 3.35. The minimum atomic E-state index is 0.309. The van der Waals surface area contributed by atoms with Gasteiger partial charge in [0, 0.05) is 24.9 Å². The molecule has 2 unspecified atom stereocenters. The second kappa shape index (κ2) is 6.85. The van der Waals surface area contributed by atoms with E-state index in [0.29, 0.717) is 29.8 Å². The molecule has 130 valence electrons. The van der Waals surface area contributed by atoms with Crippen LogP contribution in [0.4, 0.5) is 0 Å². The minimum absolute atomic E-state index is 0.309. The van der Waals surface area contributed by atoms with E-state index in [-0.39, 0.29) is 0 Å². The van der Waals surface area contributed by atoms with Gasteiger partial charge in [-0.3, -0.25) is 4.79 Å². The lowest BCUT2D eigenvalue weighted by molar-refractivity contribution is -0.132. The lowest BCUT2D eigenvalue weighted by atomic mass is 9.91. The van der Waals surface area contributed by atoms with Crippen LogP contribution in [-0.2, 0) is 16.1 Å². The highest BCUT2D eigenvalue weighted by Crippen LogP contribution is 2.59. The highest BCUT2D eigenvalue weighted by molar-refractivity contribution is 5.83. The number of likely N-dealkylation sites (tertiary alicyclic amines) is 1. The predicted octanol–water partition coefficient (Wildman–Crippen LogP) is 2.44. The number of carbonyl (C=O) groups excluding carboxylic acids is 1. The molecule has 1 aromatic carbocycles. The predicted molar refractivity (Wildman–Crippen MR) is 93.4 cm³/mol. The average Bonchev–Trinajstić information content (AvgIpc) is 3.09. The molecule has 4 rings (SSSR count). The molecule has 1 amide bonds. The first-order valence-electron chi connectivity index (χ1n) is 9.38. The third-order valence-electron chi connectivity index (χ3n) is 6.15. The summed E-state index contributed by atoms with van der Waals surface area (Å²) < 4.78 is 5.87. The fraction of sp³-hybridized carbons (Fsp3) is 0.650. The summed E-state index contributed by atoms with van der Waals surface area (Å²) >= 11 is 0. The molecular formula is C20H28N2O2. The SMILES string of the molecule is O=C(C1CC12CCNCC2)N1CCC(COCc2ccccc2)C1. The third-order valence-corrected chi connectivity index (χ3v) is 6.15. The summed E-state index contributed by atoms with van der Waals surface area (Å²) in [6.45, 7) is 5.41. The second-order valence-corrected chi connectivity index (χ2v) is 7.81. The average molecular weight is 328 g/mol. The molecule has 24 heavy (non-hydrogen) atoms. The maximum Gasteiger partial charge on any atom is 0.226 e. The van der Waals surface area contributed by atoms with Crippen LogP contribution in [0.1, 0.15) is 31.2 Å². The van der Waals surface area contributed by atoms with E-state index in [1.165, 1.54) is 18.4 Å². The Kier molecular flexibility index (Phi) is 4.59. The van der Waals surface area contributed by atoms with Crippen molar-refractivity contribution in [3.63, 3.8) is 0 Å². The highest BCUT2D eigenvalue weighted by atomic mass is 16.5. The molecule has 1 aromatic rings. The Bertz CT molecular complexity index is 568.